The summed E-state index contributed by atoms with van der Waals surface area (Å²) < 4.78 is 18.4. The van der Waals surface area contributed by atoms with Crippen molar-refractivity contribution < 1.29 is 29.2 Å². The number of unbranched alkanes of at least 4 members (excludes halogenated alkanes) is 3. The smallest absolute Gasteiger partial charge is 0.185 e. The maximum atomic E-state index is 12.9. The number of hydrogen-bond donors (Lipinski definition) is 5. The number of fused-ring (bicyclic) bond motifs is 5. The summed E-state index contributed by atoms with van der Waals surface area (Å²) in [4.78, 5) is 17.0. The van der Waals surface area contributed by atoms with E-state index in [4.69, 9.17) is 25.7 Å². The molecular formula is C36H50N4O6. The van der Waals surface area contributed by atoms with Crippen LogP contribution in [-0.4, -0.2) is 61.6 Å². The van der Waals surface area contributed by atoms with Crippen LogP contribution in [0.4, 0.5) is 0 Å². The van der Waals surface area contributed by atoms with Gasteiger partial charge in [-0.05, 0) is 68.2 Å². The van der Waals surface area contributed by atoms with Crippen molar-refractivity contribution in [1.82, 2.24) is 5.32 Å². The molecule has 1 aliphatic carbocycles. The molecule has 0 spiro atoms. The standard InChI is InChI=1S/C36H50N4O6/c1-3-4-5-6-17-39-23-46-33-27-8-7-9-30-25(12-15-32(43)34(30)44-2)10-13-28(41)21-29(42)14-11-26(20-27)31-19-24(22-45-35(31)33)16-18-40-36(37)38/h12,15,20,24,29,39,42-43H,3-6,8,10-11,13-14,16-19,21-23H2,1-2H3,(H4,37,38,40)/t24-,29-/m1/s1. The van der Waals surface area contributed by atoms with Gasteiger partial charge in [0.2, 0.25) is 0 Å². The Morgan fingerprint density at radius 1 is 1.11 bits per heavy atom. The van der Waals surface area contributed by atoms with Gasteiger partial charge in [0, 0.05) is 36.9 Å². The minimum Gasteiger partial charge on any atom is -0.504 e. The number of nitrogens with one attached hydrogen (secondary N) is 1. The Hall–Kier alpha value is -3.94. The predicted molar refractivity (Wildman–Crippen MR) is 180 cm³/mol. The highest BCUT2D eigenvalue weighted by Gasteiger charge is 2.28. The summed E-state index contributed by atoms with van der Waals surface area (Å²) in [7, 11) is 1.49. The molecule has 7 N–H and O–H groups in total. The first-order valence-corrected chi connectivity index (χ1v) is 16.6. The number of phenols is 1. The fraction of sp³-hybridized carbons (Fsp3) is 0.556. The Bertz CT molecular complexity index is 1430. The topological polar surface area (TPSA) is 162 Å². The van der Waals surface area contributed by atoms with E-state index in [-0.39, 0.29) is 42.0 Å². The molecule has 10 heteroatoms. The van der Waals surface area contributed by atoms with Crippen molar-refractivity contribution in [3.63, 3.8) is 0 Å². The number of Topliss-reactive ketones (excluding diaryl/α,β-unsaturated/α-hetero) is 1. The first-order valence-electron chi connectivity index (χ1n) is 16.6. The molecule has 2 aromatic carbocycles. The number of nitrogens with zero attached hydrogens (tertiary/aromatic N) is 1. The van der Waals surface area contributed by atoms with Crippen LogP contribution in [0.15, 0.2) is 23.2 Å². The minimum atomic E-state index is -0.767. The van der Waals surface area contributed by atoms with E-state index in [9.17, 15) is 15.0 Å². The van der Waals surface area contributed by atoms with E-state index in [1.165, 1.54) is 26.4 Å². The Balaban J connectivity index is 1.72. The highest BCUT2D eigenvalue weighted by molar-refractivity contribution is 5.79. The number of aromatic hydroxyl groups is 1. The number of aliphatic hydroxyl groups is 1. The average Bonchev–Trinajstić information content (AvgIpc) is 3.03. The molecule has 0 fully saturated rings. The van der Waals surface area contributed by atoms with Crippen molar-refractivity contribution in [3.8, 4) is 34.8 Å². The van der Waals surface area contributed by atoms with Crippen LogP contribution in [-0.2, 0) is 30.5 Å². The van der Waals surface area contributed by atoms with Crippen LogP contribution < -0.4 is 31.0 Å². The number of nitrogens with two attached hydrogens (primary N) is 2. The van der Waals surface area contributed by atoms with Gasteiger partial charge in [-0.25, -0.2) is 0 Å². The molecule has 0 unspecified atom stereocenters. The first-order chi connectivity index (χ1) is 22.3. The van der Waals surface area contributed by atoms with Crippen LogP contribution in [0.5, 0.6) is 23.0 Å². The van der Waals surface area contributed by atoms with E-state index < -0.39 is 6.10 Å². The van der Waals surface area contributed by atoms with Gasteiger partial charge in [0.15, 0.2) is 29.0 Å². The number of methoxy groups -OCH3 is 1. The molecule has 0 saturated heterocycles. The van der Waals surface area contributed by atoms with E-state index in [1.54, 1.807) is 12.1 Å². The second-order valence-corrected chi connectivity index (χ2v) is 12.2. The molecule has 0 aromatic heterocycles. The lowest BCUT2D eigenvalue weighted by atomic mass is 9.86. The van der Waals surface area contributed by atoms with Crippen molar-refractivity contribution in [3.05, 3.63) is 46.0 Å². The van der Waals surface area contributed by atoms with Crippen molar-refractivity contribution in [2.45, 2.75) is 90.1 Å². The number of ether oxygens (including phenoxy) is 3. The monoisotopic (exact) mass is 634 g/mol. The van der Waals surface area contributed by atoms with Crippen molar-refractivity contribution in [1.29, 1.82) is 0 Å². The van der Waals surface area contributed by atoms with E-state index in [0.29, 0.717) is 62.6 Å². The molecular weight excluding hydrogens is 584 g/mol. The summed E-state index contributed by atoms with van der Waals surface area (Å²) in [6.07, 6.45) is 7.59. The first kappa shape index (κ1) is 34.9. The molecule has 0 radical (unpaired) electrons. The summed E-state index contributed by atoms with van der Waals surface area (Å²) in [6, 6.07) is 5.45. The number of aryl methyl sites for hydroxylation is 2. The maximum absolute atomic E-state index is 12.9. The zero-order valence-electron chi connectivity index (χ0n) is 27.3. The minimum absolute atomic E-state index is 0.0110. The Morgan fingerprint density at radius 3 is 2.74 bits per heavy atom. The van der Waals surface area contributed by atoms with Gasteiger partial charge < -0.3 is 35.9 Å². The van der Waals surface area contributed by atoms with Gasteiger partial charge in [0.25, 0.3) is 0 Å². The van der Waals surface area contributed by atoms with Crippen LogP contribution in [0.25, 0.3) is 0 Å². The highest BCUT2D eigenvalue weighted by Crippen LogP contribution is 2.43. The SMILES string of the molecule is CCCCCCNCOc1c2cc(c3c1OC[C@H](CCN=C(N)N)C3)CC[C@@H](O)CC(=O)CCc1ccc(O)c(OC)c1C#CC2. The second kappa shape index (κ2) is 17.7. The third-order valence-electron chi connectivity index (χ3n) is 8.62. The van der Waals surface area contributed by atoms with Gasteiger partial charge in [0.05, 0.1) is 25.4 Å². The number of aliphatic hydroxyl groups excluding tert-OH is 1. The fourth-order valence-corrected chi connectivity index (χ4v) is 6.12. The number of carbonyl (C=O) groups excluding carboxylic acids is 1. The zero-order valence-corrected chi connectivity index (χ0v) is 27.3. The van der Waals surface area contributed by atoms with Crippen molar-refractivity contribution >= 4 is 11.7 Å². The van der Waals surface area contributed by atoms with E-state index in [1.807, 2.05) is 0 Å². The number of phenolic OH excluding ortho intramolecular Hbond substituents is 1. The summed E-state index contributed by atoms with van der Waals surface area (Å²) in [5.41, 5.74) is 15.4. The second-order valence-electron chi connectivity index (χ2n) is 12.2. The zero-order chi connectivity index (χ0) is 32.9. The summed E-state index contributed by atoms with van der Waals surface area (Å²) in [5.74, 6) is 8.43. The average molecular weight is 635 g/mol. The number of benzene rings is 2. The van der Waals surface area contributed by atoms with Crippen LogP contribution in [0, 0.1) is 17.8 Å². The third-order valence-corrected chi connectivity index (χ3v) is 8.62. The van der Waals surface area contributed by atoms with Crippen molar-refractivity contribution in [2.24, 2.45) is 22.4 Å². The van der Waals surface area contributed by atoms with E-state index in [0.717, 1.165) is 48.1 Å². The highest BCUT2D eigenvalue weighted by atomic mass is 16.5. The summed E-state index contributed by atoms with van der Waals surface area (Å²) in [6.45, 7) is 4.41. The molecule has 2 aromatic rings. The van der Waals surface area contributed by atoms with Gasteiger partial charge in [-0.1, -0.05) is 50.2 Å². The number of carbonyl (C=O) groups is 1. The predicted octanol–water partition coefficient (Wildman–Crippen LogP) is 3.91. The van der Waals surface area contributed by atoms with Gasteiger partial charge in [-0.15, -0.1) is 0 Å². The normalized spacial score (nSPS) is 18.0. The molecule has 0 amide bonds. The molecule has 250 valence electrons. The van der Waals surface area contributed by atoms with Crippen LogP contribution in [0.1, 0.15) is 86.1 Å². The van der Waals surface area contributed by atoms with Crippen LogP contribution >= 0.6 is 0 Å². The molecule has 4 rings (SSSR count). The Morgan fingerprint density at radius 2 is 1.96 bits per heavy atom. The van der Waals surface area contributed by atoms with Crippen molar-refractivity contribution in [2.75, 3.05) is 33.5 Å². The number of guanidine groups is 1. The molecule has 1 aliphatic heterocycles. The molecule has 46 heavy (non-hydrogen) atoms. The fourth-order valence-electron chi connectivity index (χ4n) is 6.12. The molecule has 2 aliphatic rings. The number of rotatable bonds is 12. The quantitative estimate of drug-likeness (QED) is 0.0766. The van der Waals surface area contributed by atoms with Gasteiger partial charge in [-0.2, -0.15) is 0 Å². The lowest BCUT2D eigenvalue weighted by Gasteiger charge is -2.30. The molecule has 0 saturated carbocycles. The number of hydrogen-bond acceptors (Lipinski definition) is 8. The maximum Gasteiger partial charge on any atom is 0.185 e. The van der Waals surface area contributed by atoms with Crippen LogP contribution in [0.3, 0.4) is 0 Å². The van der Waals surface area contributed by atoms with Gasteiger partial charge in [-0.3, -0.25) is 15.1 Å². The van der Waals surface area contributed by atoms with E-state index in [2.05, 4.69) is 35.1 Å². The Kier molecular flexibility index (Phi) is 13.4. The molecule has 1 heterocycles. The van der Waals surface area contributed by atoms with Crippen LogP contribution in [0.2, 0.25) is 0 Å². The molecule has 2 atom stereocenters. The lowest BCUT2D eigenvalue weighted by molar-refractivity contribution is -0.121. The van der Waals surface area contributed by atoms with Gasteiger partial charge >= 0.3 is 0 Å². The van der Waals surface area contributed by atoms with E-state index >= 15 is 0 Å². The lowest BCUT2D eigenvalue weighted by Crippen LogP contribution is -2.27. The van der Waals surface area contributed by atoms with Gasteiger partial charge in [0.1, 0.15) is 12.5 Å². The largest absolute Gasteiger partial charge is 0.504 e. The Labute approximate surface area is 272 Å². The summed E-state index contributed by atoms with van der Waals surface area (Å²) >= 11 is 0. The molecule has 2 bridgehead atoms. The number of aliphatic imine (C=N–C) groups is 1. The molecule has 10 nitrogen and oxygen atoms in total. The summed E-state index contributed by atoms with van der Waals surface area (Å²) in [5, 5.41) is 24.8. The number of ketones is 1. The third kappa shape index (κ3) is 9.78.